The fraction of sp³-hybridized carbons (Fsp3) is 0.391. The summed E-state index contributed by atoms with van der Waals surface area (Å²) in [4.78, 5) is 156. The number of aliphatic hydroxyl groups excluding tert-OH is 1. The number of carbonyl (C=O) groups is 9. The number of aliphatic hydroxyl groups is 2. The normalized spacial score (nSPS) is 23.6. The van der Waals surface area contributed by atoms with Crippen molar-refractivity contribution in [2.24, 2.45) is 5.73 Å². The number of esters is 2. The lowest BCUT2D eigenvalue weighted by Crippen LogP contribution is -2.62. The third-order valence-corrected chi connectivity index (χ3v) is 22.7. The first-order valence-electron chi connectivity index (χ1n) is 31.7. The maximum atomic E-state index is 15.2. The number of thiazole rings is 5. The second kappa shape index (κ2) is 30.7. The Kier molecular flexibility index (Phi) is 21.9. The Labute approximate surface area is 613 Å². The number of nitrogens with zero attached hydrogens (tertiary/aromatic N) is 8. The largest absolute Gasteiger partial charge is 0.506 e. The number of carboxylic acid groups (broad SMARTS) is 1. The summed E-state index contributed by atoms with van der Waals surface area (Å²) in [5, 5.41) is 76.8. The number of ether oxygens (including phenoxy) is 6. The third-order valence-electron chi connectivity index (χ3n) is 17.1. The molecule has 0 aliphatic carbocycles. The minimum absolute atomic E-state index is 0.00214. The second-order valence-electron chi connectivity index (χ2n) is 24.7. The van der Waals surface area contributed by atoms with Crippen LogP contribution in [0.4, 0.5) is 0 Å². The van der Waals surface area contributed by atoms with E-state index < -0.39 is 151 Å². The molecule has 7 aromatic heterocycles. The van der Waals surface area contributed by atoms with E-state index in [2.05, 4.69) is 41.5 Å². The number of rotatable bonds is 14. The van der Waals surface area contributed by atoms with Gasteiger partial charge in [-0.1, -0.05) is 12.1 Å². The number of benzene rings is 1. The highest BCUT2D eigenvalue weighted by Crippen LogP contribution is 2.43. The van der Waals surface area contributed by atoms with Crippen LogP contribution in [0.5, 0.6) is 5.75 Å². The number of hydrogen-bond donors (Lipinski definition) is 11. The topological polar surface area (TPSA) is 482 Å². The predicted molar refractivity (Wildman–Crippen MR) is 374 cm³/mol. The lowest BCUT2D eigenvalue weighted by Gasteiger charge is -2.48. The van der Waals surface area contributed by atoms with Gasteiger partial charge in [0.05, 0.1) is 49.5 Å². The van der Waals surface area contributed by atoms with Gasteiger partial charge in [-0.25, -0.2) is 39.5 Å². The molecule has 0 saturated carbocycles. The van der Waals surface area contributed by atoms with Crippen LogP contribution in [-0.2, 0) is 60.8 Å². The second-order valence-corrected chi connectivity index (χ2v) is 30.2. The molecule has 1 fully saturated rings. The first-order valence-corrected chi connectivity index (χ1v) is 37.2. The van der Waals surface area contributed by atoms with E-state index in [1.165, 1.54) is 60.0 Å². The summed E-state index contributed by atoms with van der Waals surface area (Å²) in [5.41, 5.74) is 2.52. The van der Waals surface area contributed by atoms with Gasteiger partial charge in [-0.3, -0.25) is 33.6 Å². The number of methoxy groups -OCH3 is 1. The number of likely N-dealkylation sites (N-methyl/N-ethyl adjacent to an activating group) is 1. The molecular formula is C64H66N14O20S6. The lowest BCUT2D eigenvalue weighted by molar-refractivity contribution is -0.280. The molecule has 34 nitrogen and oxygen atoms in total. The van der Waals surface area contributed by atoms with Crippen molar-refractivity contribution in [1.82, 2.24) is 66.1 Å². The number of carbonyl (C=O) groups excluding carboxylic acids is 8. The SMILES string of the molecule is CO/C(C)=C1/NC(=O)[C@H]([C@@H](C)O)NC(=O)c2csc(n2)-c2cc(O)c(-c3nc(C(=O)NC(CSCCC(=O)O)C(N)=O)cs3)nc2-c2csc(n2)[C@@H]2COC(=O)c3c4c5c(cccc5n3O)COC(=O)[C@@H](O[C@H]3C[C@](C)(O)[C@H](N(C)C)[C@H](C)O3)[C@@H](OC4)[C@H](NC(=O)c3csc1n3)c1nc(cs1)C(=O)N2. The summed E-state index contributed by atoms with van der Waals surface area (Å²) < 4.78 is 38.2. The molecule has 548 valence electrons. The summed E-state index contributed by atoms with van der Waals surface area (Å²) in [6, 6.07) is -0.703. The van der Waals surface area contributed by atoms with Gasteiger partial charge < -0.3 is 91.3 Å². The standard InChI is InChI=1S/C64H66N14O20S6/c1-24(79)42-56(88)75-43(25(2)93-7)59-70-36(23-102-59)55(87)76-46-48-49(98-40-14-64(4,91)50(77(5)6)26(3)97-40)63(90)95-15-27-9-8-10-37-41(27)29(16-94-48)47(78(37)92)62(89)96-17-30(66-52(84)33-22-104-61(46)72-33)58-68-31(19-101-58)44-28(57-69-35(20-100-57)54(86)74-42)13-38(80)45(73-44)60-71-34(21-103-60)53(85)67-32(51(65)83)18-99-12-11-39(81)82/h8-10,13,19-24,26,30,32,40,42,46,48-50,79-80,91-92H,11-12,14-18H2,1-7H3,(H2,65,83)(H,66,84)(H,67,85)(H,74,86)(H,75,88)(H,76,87)(H,81,82)/b43-25+/t24-,26+,30+,32?,40+,42+,46+,48+,49+,50-,64+/m1/s1. The molecule has 12 N–H and O–H groups in total. The zero-order valence-corrected chi connectivity index (χ0v) is 60.8. The molecule has 1 saturated heterocycles. The van der Waals surface area contributed by atoms with Gasteiger partial charge in [-0.2, -0.15) is 16.5 Å². The number of pyridine rings is 1. The first kappa shape index (κ1) is 74.3. The van der Waals surface area contributed by atoms with Crippen LogP contribution >= 0.6 is 68.4 Å². The van der Waals surface area contributed by atoms with E-state index >= 15 is 19.2 Å². The Balaban J connectivity index is 1.01. The number of amides is 6. The number of nitrogens with one attached hydrogen (secondary N) is 5. The van der Waals surface area contributed by atoms with Crippen molar-refractivity contribution >= 4 is 138 Å². The van der Waals surface area contributed by atoms with Gasteiger partial charge in [0, 0.05) is 61.3 Å². The molecule has 104 heavy (non-hydrogen) atoms. The van der Waals surface area contributed by atoms with Crippen molar-refractivity contribution in [1.29, 1.82) is 0 Å². The predicted octanol–water partition coefficient (Wildman–Crippen LogP) is 3.95. The molecule has 6 amide bonds. The molecule has 11 heterocycles. The minimum Gasteiger partial charge on any atom is -0.506 e. The zero-order chi connectivity index (χ0) is 74.3. The van der Waals surface area contributed by atoms with E-state index in [9.17, 15) is 44.5 Å². The maximum Gasteiger partial charge on any atom is 0.358 e. The van der Waals surface area contributed by atoms with Crippen LogP contribution in [0, 0.1) is 0 Å². The van der Waals surface area contributed by atoms with Crippen LogP contribution in [0.25, 0.3) is 49.3 Å². The number of aromatic nitrogens is 7. The lowest BCUT2D eigenvalue weighted by atomic mass is 9.85. The average molecular weight is 1540 g/mol. The quantitative estimate of drug-likeness (QED) is 0.0318. The molecule has 12 rings (SSSR count). The highest BCUT2D eigenvalue weighted by Gasteiger charge is 2.50. The van der Waals surface area contributed by atoms with Crippen molar-refractivity contribution < 1.29 is 97.2 Å². The fourth-order valence-electron chi connectivity index (χ4n) is 12.3. The van der Waals surface area contributed by atoms with Gasteiger partial charge in [0.15, 0.2) is 18.1 Å². The number of allylic oxidation sites excluding steroid dienone is 1. The maximum absolute atomic E-state index is 15.2. The minimum atomic E-state index is -1.93. The van der Waals surface area contributed by atoms with Crippen LogP contribution in [0.3, 0.4) is 0 Å². The van der Waals surface area contributed by atoms with Gasteiger partial charge in [0.25, 0.3) is 23.6 Å². The Morgan fingerprint density at radius 2 is 1.54 bits per heavy atom. The average Bonchev–Trinajstić information content (AvgIpc) is 1.57. The van der Waals surface area contributed by atoms with Crippen molar-refractivity contribution in [2.45, 2.75) is 120 Å². The van der Waals surface area contributed by atoms with Gasteiger partial charge in [-0.05, 0) is 59.5 Å². The van der Waals surface area contributed by atoms with Crippen LogP contribution in [0.15, 0.2) is 56.9 Å². The van der Waals surface area contributed by atoms with E-state index in [4.69, 9.17) is 54.2 Å². The zero-order valence-electron chi connectivity index (χ0n) is 55.9. The summed E-state index contributed by atoms with van der Waals surface area (Å²) in [5.74, 6) is -9.27. The van der Waals surface area contributed by atoms with Gasteiger partial charge in [0.2, 0.25) is 11.8 Å². The molecule has 0 spiro atoms. The molecule has 40 heteroatoms. The van der Waals surface area contributed by atoms with Crippen molar-refractivity contribution in [3.8, 4) is 38.4 Å². The van der Waals surface area contributed by atoms with Crippen LogP contribution in [-0.4, -0.2) is 212 Å². The fourth-order valence-corrected chi connectivity index (χ4v) is 17.4. The monoisotopic (exact) mass is 1540 g/mol. The summed E-state index contributed by atoms with van der Waals surface area (Å²) >= 11 is 5.47. The van der Waals surface area contributed by atoms with Gasteiger partial charge >= 0.3 is 17.9 Å². The molecule has 12 bridgehead atoms. The Bertz CT molecular complexity index is 4750. The summed E-state index contributed by atoms with van der Waals surface area (Å²) in [6.07, 6.45) is -7.84. The number of thioether (sulfide) groups is 1. The Morgan fingerprint density at radius 3 is 2.25 bits per heavy atom. The van der Waals surface area contributed by atoms with E-state index in [0.29, 0.717) is 4.73 Å². The third kappa shape index (κ3) is 15.4. The van der Waals surface area contributed by atoms with Gasteiger partial charge in [0.1, 0.15) is 126 Å². The number of nitrogens with two attached hydrogens (primary N) is 1. The molecule has 1 aromatic carbocycles. The van der Waals surface area contributed by atoms with E-state index in [1.54, 1.807) is 45.0 Å². The number of hydrogen-bond acceptors (Lipinski definition) is 32. The highest BCUT2D eigenvalue weighted by molar-refractivity contribution is 7.99. The highest BCUT2D eigenvalue weighted by atomic mass is 32.2. The Morgan fingerprint density at radius 1 is 0.865 bits per heavy atom. The molecule has 11 atom stereocenters. The van der Waals surface area contributed by atoms with Crippen molar-refractivity contribution in [3.05, 3.63) is 112 Å². The number of aliphatic carboxylic acids is 1. The van der Waals surface area contributed by atoms with E-state index in [0.717, 1.165) is 68.4 Å². The molecule has 4 aliphatic rings. The molecule has 0 radical (unpaired) electrons. The number of aromatic hydroxyl groups is 1. The van der Waals surface area contributed by atoms with E-state index in [1.807, 2.05) is 0 Å². The van der Waals surface area contributed by atoms with E-state index in [-0.39, 0.29) is 128 Å². The molecule has 8 aromatic rings. The summed E-state index contributed by atoms with van der Waals surface area (Å²) in [6.45, 7) is 4.16. The van der Waals surface area contributed by atoms with Crippen LogP contribution < -0.4 is 32.3 Å². The first-order chi connectivity index (χ1) is 49.6. The molecule has 4 aliphatic heterocycles. The van der Waals surface area contributed by atoms with Crippen molar-refractivity contribution in [3.63, 3.8) is 0 Å². The number of carboxylic acids is 1. The number of fused-ring (bicyclic) bond motifs is 15. The van der Waals surface area contributed by atoms with Crippen LogP contribution in [0.2, 0.25) is 0 Å². The Hall–Kier alpha value is -9.46. The van der Waals surface area contributed by atoms with Gasteiger partial charge in [-0.15, -0.1) is 56.7 Å². The smallest absolute Gasteiger partial charge is 0.358 e. The molecular weight excluding hydrogens is 1480 g/mol. The number of primary amides is 1. The number of cyclic esters (lactones) is 2. The molecule has 1 unspecified atom stereocenters. The summed E-state index contributed by atoms with van der Waals surface area (Å²) in [7, 11) is 4.82. The van der Waals surface area contributed by atoms with Crippen LogP contribution in [0.1, 0.15) is 131 Å². The van der Waals surface area contributed by atoms with Crippen molar-refractivity contribution in [2.75, 3.05) is 39.3 Å².